The van der Waals surface area contributed by atoms with Gasteiger partial charge in [-0.25, -0.2) is 0 Å². The van der Waals surface area contributed by atoms with Gasteiger partial charge in [0.05, 0.1) is 11.5 Å². The van der Waals surface area contributed by atoms with Crippen LogP contribution in [0.4, 0.5) is 0 Å². The summed E-state index contributed by atoms with van der Waals surface area (Å²) in [5.41, 5.74) is 1.45. The van der Waals surface area contributed by atoms with Gasteiger partial charge < -0.3 is 9.02 Å². The Balaban J connectivity index is 2.86. The van der Waals surface area contributed by atoms with Gasteiger partial charge in [0, 0.05) is 10.9 Å². The van der Waals surface area contributed by atoms with Crippen LogP contribution in [0, 0.1) is 0 Å². The third-order valence-electron chi connectivity index (χ3n) is 2.74. The van der Waals surface area contributed by atoms with Crippen LogP contribution in [0.15, 0.2) is 29.4 Å². The van der Waals surface area contributed by atoms with Gasteiger partial charge in [-0.1, -0.05) is 53.5 Å². The van der Waals surface area contributed by atoms with Crippen LogP contribution < -0.4 is 4.18 Å². The van der Waals surface area contributed by atoms with Gasteiger partial charge in [0.2, 0.25) is 0 Å². The van der Waals surface area contributed by atoms with Gasteiger partial charge in [0.25, 0.3) is 0 Å². The molecule has 0 saturated heterocycles. The van der Waals surface area contributed by atoms with Crippen molar-refractivity contribution in [2.45, 2.75) is 33.1 Å². The van der Waals surface area contributed by atoms with E-state index in [1.165, 1.54) is 0 Å². The van der Waals surface area contributed by atoms with E-state index in [1.54, 1.807) is 18.2 Å². The fourth-order valence-electron chi connectivity index (χ4n) is 1.61. The van der Waals surface area contributed by atoms with Crippen molar-refractivity contribution in [3.05, 3.63) is 29.8 Å². The number of benzene rings is 1. The maximum atomic E-state index is 11.8. The lowest BCUT2D eigenvalue weighted by molar-refractivity contribution is 0.145. The normalized spacial score (nSPS) is 12.2. The number of nitrogens with zero attached hydrogens (tertiary/aromatic N) is 1. The summed E-state index contributed by atoms with van der Waals surface area (Å²) in [6.07, 6.45) is 2.26. The predicted octanol–water partition coefficient (Wildman–Crippen LogP) is 3.72. The third-order valence-corrected chi connectivity index (χ3v) is 4.50. The molecular formula is C15H22BrNO4S. The molecule has 0 unspecified atom stereocenters. The van der Waals surface area contributed by atoms with Crippen molar-refractivity contribution in [2.75, 3.05) is 17.7 Å². The first-order valence-electron chi connectivity index (χ1n) is 7.29. The maximum Gasteiger partial charge on any atom is 0.309 e. The first-order valence-corrected chi connectivity index (χ1v) is 9.99. The summed E-state index contributed by atoms with van der Waals surface area (Å²) >= 11 is 3.36. The highest BCUT2D eigenvalue weighted by Gasteiger charge is 2.13. The summed E-state index contributed by atoms with van der Waals surface area (Å²) in [4.78, 5) is 5.18. The molecule has 0 spiro atoms. The predicted molar refractivity (Wildman–Crippen MR) is 92.3 cm³/mol. The van der Waals surface area contributed by atoms with Crippen molar-refractivity contribution in [3.63, 3.8) is 0 Å². The number of rotatable bonds is 10. The van der Waals surface area contributed by atoms with Gasteiger partial charge in [-0.15, -0.1) is 0 Å². The molecule has 1 rings (SSSR count). The monoisotopic (exact) mass is 391 g/mol. The summed E-state index contributed by atoms with van der Waals surface area (Å²) < 4.78 is 28.8. The smallest absolute Gasteiger partial charge is 0.309 e. The molecule has 7 heteroatoms. The number of unbranched alkanes of at least 4 members (excludes halogenated alkanes) is 1. The van der Waals surface area contributed by atoms with E-state index in [0.717, 1.165) is 18.4 Å². The van der Waals surface area contributed by atoms with E-state index in [9.17, 15) is 8.42 Å². The topological polar surface area (TPSA) is 65.0 Å². The van der Waals surface area contributed by atoms with Crippen molar-refractivity contribution >= 4 is 31.8 Å². The molecule has 0 N–H and O–H groups in total. The van der Waals surface area contributed by atoms with Crippen LogP contribution in [0.3, 0.4) is 0 Å². The maximum absolute atomic E-state index is 11.8. The molecule has 0 radical (unpaired) electrons. The molecule has 0 saturated carbocycles. The molecule has 0 fully saturated rings. The highest BCUT2D eigenvalue weighted by molar-refractivity contribution is 9.09. The zero-order valence-electron chi connectivity index (χ0n) is 12.9. The number of oxime groups is 1. The second-order valence-corrected chi connectivity index (χ2v) is 6.98. The molecule has 0 amide bonds. The largest absolute Gasteiger partial charge is 0.396 e. The minimum atomic E-state index is -3.55. The lowest BCUT2D eigenvalue weighted by Gasteiger charge is -2.09. The first-order chi connectivity index (χ1) is 10.5. The molecular weight excluding hydrogens is 370 g/mol. The molecule has 0 aromatic heterocycles. The second kappa shape index (κ2) is 9.84. The van der Waals surface area contributed by atoms with Gasteiger partial charge in [-0.05, 0) is 25.0 Å². The lowest BCUT2D eigenvalue weighted by atomic mass is 10.1. The molecule has 0 aliphatic carbocycles. The number of hydrogen-bond donors (Lipinski definition) is 0. The SMILES string of the molecule is CCCCS(=O)(=O)Oc1cccc(/C(CBr)=N/OCCC)c1. The molecule has 22 heavy (non-hydrogen) atoms. The molecule has 0 aliphatic heterocycles. The van der Waals surface area contributed by atoms with Crippen molar-refractivity contribution in [1.29, 1.82) is 0 Å². The van der Waals surface area contributed by atoms with E-state index in [0.29, 0.717) is 24.1 Å². The Morgan fingerprint density at radius 3 is 2.68 bits per heavy atom. The fraction of sp³-hybridized carbons (Fsp3) is 0.533. The quantitative estimate of drug-likeness (QED) is 0.200. The molecule has 0 heterocycles. The Labute approximate surface area is 140 Å². The fourth-order valence-corrected chi connectivity index (χ4v) is 3.15. The van der Waals surface area contributed by atoms with Crippen LogP contribution in [-0.4, -0.2) is 31.8 Å². The van der Waals surface area contributed by atoms with Crippen LogP contribution in [0.5, 0.6) is 5.75 Å². The van der Waals surface area contributed by atoms with Crippen molar-refractivity contribution in [3.8, 4) is 5.75 Å². The Bertz CT molecular complexity index is 587. The van der Waals surface area contributed by atoms with E-state index in [1.807, 2.05) is 19.9 Å². The average molecular weight is 392 g/mol. The van der Waals surface area contributed by atoms with Crippen LogP contribution in [0.1, 0.15) is 38.7 Å². The Morgan fingerprint density at radius 1 is 1.27 bits per heavy atom. The van der Waals surface area contributed by atoms with Crippen LogP contribution >= 0.6 is 15.9 Å². The molecule has 124 valence electrons. The minimum absolute atomic E-state index is 0.0206. The van der Waals surface area contributed by atoms with E-state index >= 15 is 0 Å². The van der Waals surface area contributed by atoms with Crippen LogP contribution in [-0.2, 0) is 15.0 Å². The molecule has 0 atom stereocenters. The van der Waals surface area contributed by atoms with Crippen LogP contribution in [0.2, 0.25) is 0 Å². The van der Waals surface area contributed by atoms with Gasteiger partial charge in [0.1, 0.15) is 12.4 Å². The Kier molecular flexibility index (Phi) is 8.48. The third kappa shape index (κ3) is 6.79. The average Bonchev–Trinajstić information content (AvgIpc) is 2.49. The molecule has 5 nitrogen and oxygen atoms in total. The summed E-state index contributed by atoms with van der Waals surface area (Å²) in [5.74, 6) is 0.310. The summed E-state index contributed by atoms with van der Waals surface area (Å²) in [7, 11) is -3.55. The molecule has 0 bridgehead atoms. The Hall–Kier alpha value is -1.08. The van der Waals surface area contributed by atoms with Gasteiger partial charge >= 0.3 is 10.1 Å². The van der Waals surface area contributed by atoms with Gasteiger partial charge in [0.15, 0.2) is 0 Å². The molecule has 1 aromatic carbocycles. The highest BCUT2D eigenvalue weighted by atomic mass is 79.9. The van der Waals surface area contributed by atoms with Crippen LogP contribution in [0.25, 0.3) is 0 Å². The molecule has 0 aliphatic rings. The van der Waals surface area contributed by atoms with Gasteiger partial charge in [-0.3, -0.25) is 0 Å². The summed E-state index contributed by atoms with van der Waals surface area (Å²) in [6.45, 7) is 4.47. The van der Waals surface area contributed by atoms with E-state index in [4.69, 9.17) is 9.02 Å². The first kappa shape index (κ1) is 19.0. The summed E-state index contributed by atoms with van der Waals surface area (Å²) in [5, 5.41) is 4.56. The van der Waals surface area contributed by atoms with Gasteiger partial charge in [-0.2, -0.15) is 8.42 Å². The van der Waals surface area contributed by atoms with Crippen molar-refractivity contribution in [1.82, 2.24) is 0 Å². The number of hydrogen-bond acceptors (Lipinski definition) is 5. The van der Waals surface area contributed by atoms with E-state index in [2.05, 4.69) is 21.1 Å². The zero-order valence-corrected chi connectivity index (χ0v) is 15.3. The standard InChI is InChI=1S/C15H22BrNO4S/c1-3-5-10-22(18,19)21-14-8-6-7-13(11-14)15(12-16)17-20-9-4-2/h6-8,11H,3-5,9-10,12H2,1-2H3/b17-15+. The molecule has 1 aromatic rings. The number of alkyl halides is 1. The highest BCUT2D eigenvalue weighted by Crippen LogP contribution is 2.17. The van der Waals surface area contributed by atoms with Crippen molar-refractivity contribution < 1.29 is 17.4 Å². The zero-order chi connectivity index (χ0) is 16.4. The van der Waals surface area contributed by atoms with E-state index in [-0.39, 0.29) is 11.5 Å². The van der Waals surface area contributed by atoms with Crippen molar-refractivity contribution in [2.24, 2.45) is 5.16 Å². The Morgan fingerprint density at radius 2 is 2.05 bits per heavy atom. The summed E-state index contributed by atoms with van der Waals surface area (Å²) in [6, 6.07) is 6.84. The second-order valence-electron chi connectivity index (χ2n) is 4.73. The lowest BCUT2D eigenvalue weighted by Crippen LogP contribution is -2.14. The number of halogens is 1. The van der Waals surface area contributed by atoms with E-state index < -0.39 is 10.1 Å². The minimum Gasteiger partial charge on any atom is -0.396 e.